The largest absolute Gasteiger partial charge is 0.389 e. The van der Waals surface area contributed by atoms with Gasteiger partial charge in [0.05, 0.1) is 25.4 Å². The number of nitrogens with zero attached hydrogens (tertiary/aromatic N) is 2. The summed E-state index contributed by atoms with van der Waals surface area (Å²) in [6.45, 7) is 5.27. The van der Waals surface area contributed by atoms with Gasteiger partial charge in [-0.25, -0.2) is 10.4 Å². The lowest BCUT2D eigenvalue weighted by Crippen LogP contribution is -2.56. The molecule has 2 fully saturated rings. The van der Waals surface area contributed by atoms with Crippen LogP contribution in [-0.4, -0.2) is 73.6 Å². The summed E-state index contributed by atoms with van der Waals surface area (Å²) in [4.78, 5) is 2.31. The molecule has 2 rings (SSSR count). The lowest BCUT2D eigenvalue weighted by molar-refractivity contribution is 0.0569. The molecule has 82 valence electrons. The first kappa shape index (κ1) is 10.3. The van der Waals surface area contributed by atoms with Crippen LogP contribution in [-0.2, 0) is 4.74 Å². The Morgan fingerprint density at radius 3 is 2.50 bits per heavy atom. The molecular weight excluding hydrogens is 182 g/mol. The molecule has 0 aromatic rings. The van der Waals surface area contributed by atoms with E-state index in [0.29, 0.717) is 13.2 Å². The van der Waals surface area contributed by atoms with Crippen molar-refractivity contribution in [3.8, 4) is 0 Å². The van der Waals surface area contributed by atoms with Crippen LogP contribution in [0.5, 0.6) is 0 Å². The number of aliphatic hydroxyl groups excluding tert-OH is 1. The van der Waals surface area contributed by atoms with Crippen molar-refractivity contribution < 1.29 is 9.84 Å². The van der Waals surface area contributed by atoms with Gasteiger partial charge in [-0.05, 0) is 7.05 Å². The number of aliphatic hydroxyl groups is 1. The van der Waals surface area contributed by atoms with Crippen molar-refractivity contribution in [2.75, 3.05) is 46.4 Å². The van der Waals surface area contributed by atoms with Crippen LogP contribution < -0.4 is 5.43 Å². The summed E-state index contributed by atoms with van der Waals surface area (Å²) in [5.74, 6) is 0. The summed E-state index contributed by atoms with van der Waals surface area (Å²) in [5, 5.41) is 11.7. The van der Waals surface area contributed by atoms with Crippen LogP contribution in [0.1, 0.15) is 0 Å². The predicted octanol–water partition coefficient (Wildman–Crippen LogP) is -1.50. The van der Waals surface area contributed by atoms with Crippen molar-refractivity contribution in [2.45, 2.75) is 12.1 Å². The average Bonchev–Trinajstić information content (AvgIpc) is 2.56. The molecule has 0 aliphatic carbocycles. The van der Waals surface area contributed by atoms with Crippen LogP contribution in [0.2, 0.25) is 0 Å². The second-order valence-electron chi connectivity index (χ2n) is 4.13. The highest BCUT2D eigenvalue weighted by Gasteiger charge is 2.28. The molecule has 2 unspecified atom stereocenters. The Kier molecular flexibility index (Phi) is 3.35. The predicted molar refractivity (Wildman–Crippen MR) is 52.8 cm³/mol. The minimum atomic E-state index is -0.352. The normalized spacial score (nSPS) is 36.4. The number of hydrogen-bond donors (Lipinski definition) is 2. The maximum Gasteiger partial charge on any atom is 0.0962 e. The Bertz CT molecular complexity index is 183. The van der Waals surface area contributed by atoms with E-state index in [-0.39, 0.29) is 12.1 Å². The molecule has 0 bridgehead atoms. The first-order valence-corrected chi connectivity index (χ1v) is 5.21. The van der Waals surface area contributed by atoms with Crippen molar-refractivity contribution in [3.63, 3.8) is 0 Å². The fraction of sp³-hybridized carbons (Fsp3) is 1.00. The van der Waals surface area contributed by atoms with Gasteiger partial charge >= 0.3 is 0 Å². The van der Waals surface area contributed by atoms with Gasteiger partial charge in [0.15, 0.2) is 0 Å². The van der Waals surface area contributed by atoms with Gasteiger partial charge in [-0.2, -0.15) is 0 Å². The number of hydrogen-bond acceptors (Lipinski definition) is 5. The van der Waals surface area contributed by atoms with E-state index in [1.807, 2.05) is 0 Å². The third-order valence-corrected chi connectivity index (χ3v) is 2.90. The molecule has 5 heteroatoms. The van der Waals surface area contributed by atoms with E-state index in [1.165, 1.54) is 0 Å². The van der Waals surface area contributed by atoms with Crippen LogP contribution in [0, 0.1) is 0 Å². The first-order valence-electron chi connectivity index (χ1n) is 5.21. The molecule has 2 N–H and O–H groups in total. The van der Waals surface area contributed by atoms with Gasteiger partial charge < -0.3 is 14.7 Å². The number of likely N-dealkylation sites (N-methyl/N-ethyl adjacent to an activating group) is 1. The van der Waals surface area contributed by atoms with Crippen LogP contribution in [0.3, 0.4) is 0 Å². The van der Waals surface area contributed by atoms with E-state index in [4.69, 9.17) is 4.74 Å². The van der Waals surface area contributed by atoms with Gasteiger partial charge in [-0.3, -0.25) is 0 Å². The Balaban J connectivity index is 1.74. The second-order valence-corrected chi connectivity index (χ2v) is 4.13. The maximum atomic E-state index is 9.55. The molecule has 0 aromatic heterocycles. The Labute approximate surface area is 84.6 Å². The number of piperazine rings is 1. The molecule has 0 aromatic carbocycles. The zero-order valence-corrected chi connectivity index (χ0v) is 8.65. The van der Waals surface area contributed by atoms with Crippen molar-refractivity contribution >= 4 is 0 Å². The van der Waals surface area contributed by atoms with Gasteiger partial charge in [0.25, 0.3) is 0 Å². The van der Waals surface area contributed by atoms with E-state index >= 15 is 0 Å². The lowest BCUT2D eigenvalue weighted by atomic mass is 10.2. The summed E-state index contributed by atoms with van der Waals surface area (Å²) in [5.41, 5.74) is 3.32. The lowest BCUT2D eigenvalue weighted by Gasteiger charge is -2.34. The second kappa shape index (κ2) is 4.55. The fourth-order valence-electron chi connectivity index (χ4n) is 1.84. The quantitative estimate of drug-likeness (QED) is 0.569. The molecule has 14 heavy (non-hydrogen) atoms. The molecular formula is C9H19N3O2. The van der Waals surface area contributed by atoms with Crippen LogP contribution in [0.15, 0.2) is 0 Å². The minimum Gasteiger partial charge on any atom is -0.389 e. The summed E-state index contributed by atoms with van der Waals surface area (Å²) in [6, 6.07) is 0.0819. The topological polar surface area (TPSA) is 48.0 Å². The zero-order chi connectivity index (χ0) is 9.97. The van der Waals surface area contributed by atoms with Crippen molar-refractivity contribution in [1.82, 2.24) is 15.3 Å². The molecule has 0 amide bonds. The molecule has 2 aliphatic heterocycles. The zero-order valence-electron chi connectivity index (χ0n) is 8.65. The highest BCUT2D eigenvalue weighted by Crippen LogP contribution is 2.06. The number of nitrogens with one attached hydrogen (secondary N) is 1. The average molecular weight is 201 g/mol. The standard InChI is InChI=1S/C9H19N3O2/c1-11-2-4-12(5-3-11)10-8-6-14-7-9(8)13/h8-10,13H,2-7H2,1H3. The van der Waals surface area contributed by atoms with E-state index in [0.717, 1.165) is 26.2 Å². The highest BCUT2D eigenvalue weighted by atomic mass is 16.5. The van der Waals surface area contributed by atoms with Crippen LogP contribution in [0.4, 0.5) is 0 Å². The summed E-state index contributed by atoms with van der Waals surface area (Å²) >= 11 is 0. The number of hydrazine groups is 1. The SMILES string of the molecule is CN1CCN(NC2COCC2O)CC1. The Morgan fingerprint density at radius 1 is 1.21 bits per heavy atom. The van der Waals surface area contributed by atoms with E-state index < -0.39 is 0 Å². The molecule has 0 radical (unpaired) electrons. The minimum absolute atomic E-state index is 0.0819. The van der Waals surface area contributed by atoms with Crippen LogP contribution >= 0.6 is 0 Å². The van der Waals surface area contributed by atoms with Gasteiger partial charge in [0.1, 0.15) is 0 Å². The van der Waals surface area contributed by atoms with Crippen LogP contribution in [0.25, 0.3) is 0 Å². The molecule has 2 saturated heterocycles. The molecule has 2 heterocycles. The molecule has 2 aliphatic rings. The highest BCUT2D eigenvalue weighted by molar-refractivity contribution is 4.80. The molecule has 5 nitrogen and oxygen atoms in total. The number of rotatable bonds is 2. The van der Waals surface area contributed by atoms with Crippen molar-refractivity contribution in [3.05, 3.63) is 0 Å². The Morgan fingerprint density at radius 2 is 1.93 bits per heavy atom. The molecule has 0 saturated carbocycles. The Hall–Kier alpha value is -0.200. The summed E-state index contributed by atoms with van der Waals surface area (Å²) < 4.78 is 5.18. The van der Waals surface area contributed by atoms with Gasteiger partial charge in [-0.1, -0.05) is 0 Å². The number of ether oxygens (including phenoxy) is 1. The van der Waals surface area contributed by atoms with Gasteiger partial charge in [0.2, 0.25) is 0 Å². The maximum absolute atomic E-state index is 9.55. The fourth-order valence-corrected chi connectivity index (χ4v) is 1.84. The van der Waals surface area contributed by atoms with Crippen molar-refractivity contribution in [1.29, 1.82) is 0 Å². The summed E-state index contributed by atoms with van der Waals surface area (Å²) in [7, 11) is 2.13. The smallest absolute Gasteiger partial charge is 0.0962 e. The first-order chi connectivity index (χ1) is 6.75. The van der Waals surface area contributed by atoms with Crippen molar-refractivity contribution in [2.24, 2.45) is 0 Å². The van der Waals surface area contributed by atoms with E-state index in [1.54, 1.807) is 0 Å². The summed E-state index contributed by atoms with van der Waals surface area (Å²) in [6.07, 6.45) is -0.352. The van der Waals surface area contributed by atoms with Gasteiger partial charge in [-0.15, -0.1) is 0 Å². The third kappa shape index (κ3) is 2.43. The van der Waals surface area contributed by atoms with Gasteiger partial charge in [0, 0.05) is 26.2 Å². The molecule has 2 atom stereocenters. The monoisotopic (exact) mass is 201 g/mol. The third-order valence-electron chi connectivity index (χ3n) is 2.90. The van der Waals surface area contributed by atoms with E-state index in [2.05, 4.69) is 22.4 Å². The molecule has 0 spiro atoms. The van der Waals surface area contributed by atoms with E-state index in [9.17, 15) is 5.11 Å².